The van der Waals surface area contributed by atoms with Crippen LogP contribution in [-0.2, 0) is 27.5 Å². The van der Waals surface area contributed by atoms with Gasteiger partial charge in [0, 0.05) is 49.7 Å². The van der Waals surface area contributed by atoms with Crippen LogP contribution in [0.3, 0.4) is 0 Å². The van der Waals surface area contributed by atoms with Gasteiger partial charge in [0.15, 0.2) is 0 Å². The number of ether oxygens (including phenoxy) is 1. The number of aromatic nitrogens is 4. The molecule has 0 spiro atoms. The van der Waals surface area contributed by atoms with Crippen LogP contribution in [0.4, 0.5) is 19.1 Å². The molecular formula is C25H38F3N7O4S. The zero-order chi connectivity index (χ0) is 29.1. The third-order valence-corrected chi connectivity index (χ3v) is 9.04. The molecule has 2 fully saturated rings. The predicted molar refractivity (Wildman–Crippen MR) is 143 cm³/mol. The molecule has 2 aromatic rings. The standard InChI is InChI=1S/C25H38F3N7O4S/c1-18-16-39-11-10-33(18)7-4-12-40(37,38)35-8-5-20(6-9-35)31-23-29-14-21(25(26,27)28)22(32-23)19-13-30-34(15-19)17-24(2,3)36/h13-15,18,20,36H,4-12,16-17H2,1-3H3,(H,29,31,32)/t18-/m1/s1. The monoisotopic (exact) mass is 589 g/mol. The Morgan fingerprint density at radius 2 is 1.90 bits per heavy atom. The van der Waals surface area contributed by atoms with Gasteiger partial charge in [0.2, 0.25) is 16.0 Å². The van der Waals surface area contributed by atoms with Gasteiger partial charge in [-0.05, 0) is 46.6 Å². The molecule has 15 heteroatoms. The number of halogens is 3. The third-order valence-electron chi connectivity index (χ3n) is 7.08. The summed E-state index contributed by atoms with van der Waals surface area (Å²) in [5.41, 5.74) is -2.26. The van der Waals surface area contributed by atoms with E-state index in [0.29, 0.717) is 52.1 Å². The summed E-state index contributed by atoms with van der Waals surface area (Å²) in [7, 11) is -3.41. The van der Waals surface area contributed by atoms with Crippen LogP contribution in [0.1, 0.15) is 45.6 Å². The fourth-order valence-corrected chi connectivity index (χ4v) is 6.50. The van der Waals surface area contributed by atoms with E-state index in [-0.39, 0.29) is 41.6 Å². The van der Waals surface area contributed by atoms with Gasteiger partial charge in [-0.3, -0.25) is 9.58 Å². The van der Waals surface area contributed by atoms with Crippen LogP contribution in [0.25, 0.3) is 11.3 Å². The lowest BCUT2D eigenvalue weighted by molar-refractivity contribution is -0.137. The summed E-state index contributed by atoms with van der Waals surface area (Å²) in [5.74, 6) is 0.0981. The molecule has 2 saturated heterocycles. The quantitative estimate of drug-likeness (QED) is 0.430. The van der Waals surface area contributed by atoms with Gasteiger partial charge in [-0.15, -0.1) is 0 Å². The molecule has 2 aromatic heterocycles. The molecule has 2 aliphatic heterocycles. The summed E-state index contributed by atoms with van der Waals surface area (Å²) >= 11 is 0. The number of sulfonamides is 1. The van der Waals surface area contributed by atoms with Crippen molar-refractivity contribution in [1.29, 1.82) is 0 Å². The third kappa shape index (κ3) is 8.12. The Bertz CT molecular complexity index is 1240. The number of hydrogen-bond donors (Lipinski definition) is 2. The van der Waals surface area contributed by atoms with Crippen molar-refractivity contribution < 1.29 is 31.4 Å². The number of piperidine rings is 1. The fourth-order valence-electron chi connectivity index (χ4n) is 4.98. The fraction of sp³-hybridized carbons (Fsp3) is 0.720. The van der Waals surface area contributed by atoms with Crippen LogP contribution in [0, 0.1) is 0 Å². The van der Waals surface area contributed by atoms with E-state index in [9.17, 15) is 26.7 Å². The highest BCUT2D eigenvalue weighted by atomic mass is 32.2. The van der Waals surface area contributed by atoms with Crippen molar-refractivity contribution in [3.8, 4) is 11.3 Å². The minimum atomic E-state index is -4.67. The van der Waals surface area contributed by atoms with E-state index in [2.05, 4.69) is 32.2 Å². The number of nitrogens with one attached hydrogen (secondary N) is 1. The summed E-state index contributed by atoms with van der Waals surface area (Å²) in [5, 5.41) is 17.2. The maximum Gasteiger partial charge on any atom is 0.419 e. The molecule has 4 rings (SSSR count). The van der Waals surface area contributed by atoms with Crippen molar-refractivity contribution in [3.05, 3.63) is 24.2 Å². The van der Waals surface area contributed by atoms with E-state index in [1.165, 1.54) is 21.4 Å². The van der Waals surface area contributed by atoms with Crippen molar-refractivity contribution in [2.24, 2.45) is 0 Å². The summed E-state index contributed by atoms with van der Waals surface area (Å²) in [4.78, 5) is 10.3. The number of morpholine rings is 1. The van der Waals surface area contributed by atoms with Crippen molar-refractivity contribution in [1.82, 2.24) is 29.0 Å². The first-order valence-electron chi connectivity index (χ1n) is 13.5. The highest BCUT2D eigenvalue weighted by Crippen LogP contribution is 2.36. The molecule has 1 atom stereocenters. The van der Waals surface area contributed by atoms with E-state index in [1.807, 2.05) is 0 Å². The highest BCUT2D eigenvalue weighted by molar-refractivity contribution is 7.89. The van der Waals surface area contributed by atoms with Gasteiger partial charge in [0.1, 0.15) is 5.56 Å². The molecule has 2 N–H and O–H groups in total. The van der Waals surface area contributed by atoms with Crippen molar-refractivity contribution in [2.75, 3.05) is 50.5 Å². The number of rotatable bonds is 10. The molecular weight excluding hydrogens is 551 g/mol. The Kier molecular flexibility index (Phi) is 9.39. The molecule has 224 valence electrons. The summed E-state index contributed by atoms with van der Waals surface area (Å²) in [6, 6.07) is 0.0817. The van der Waals surface area contributed by atoms with Gasteiger partial charge in [-0.25, -0.2) is 22.7 Å². The van der Waals surface area contributed by atoms with Crippen LogP contribution in [0.15, 0.2) is 18.6 Å². The Balaban J connectivity index is 1.36. The minimum absolute atomic E-state index is 0.0270. The second kappa shape index (κ2) is 12.3. The second-order valence-corrected chi connectivity index (χ2v) is 13.2. The molecule has 0 radical (unpaired) electrons. The van der Waals surface area contributed by atoms with E-state index in [0.717, 1.165) is 12.7 Å². The molecule has 0 bridgehead atoms. The molecule has 4 heterocycles. The molecule has 0 aromatic carbocycles. The molecule has 40 heavy (non-hydrogen) atoms. The first-order valence-corrected chi connectivity index (χ1v) is 15.1. The molecule has 11 nitrogen and oxygen atoms in total. The van der Waals surface area contributed by atoms with Gasteiger partial charge in [-0.1, -0.05) is 0 Å². The van der Waals surface area contributed by atoms with Crippen LogP contribution in [0.2, 0.25) is 0 Å². The number of nitrogens with zero attached hydrogens (tertiary/aromatic N) is 6. The lowest BCUT2D eigenvalue weighted by atomic mass is 10.1. The van der Waals surface area contributed by atoms with Crippen LogP contribution >= 0.6 is 0 Å². The lowest BCUT2D eigenvalue weighted by Crippen LogP contribution is -2.45. The van der Waals surface area contributed by atoms with E-state index in [1.54, 1.807) is 13.8 Å². The number of aliphatic hydroxyl groups is 1. The van der Waals surface area contributed by atoms with Gasteiger partial charge in [0.25, 0.3) is 0 Å². The maximum atomic E-state index is 13.7. The smallest absolute Gasteiger partial charge is 0.389 e. The van der Waals surface area contributed by atoms with Crippen LogP contribution < -0.4 is 5.32 Å². The normalized spacial score (nSPS) is 20.6. The Morgan fingerprint density at radius 1 is 1.18 bits per heavy atom. The average Bonchev–Trinajstić information content (AvgIpc) is 3.31. The molecule has 0 aliphatic carbocycles. The average molecular weight is 590 g/mol. The zero-order valence-corrected chi connectivity index (χ0v) is 23.9. The second-order valence-electron chi connectivity index (χ2n) is 11.1. The van der Waals surface area contributed by atoms with Crippen LogP contribution in [0.5, 0.6) is 0 Å². The van der Waals surface area contributed by atoms with E-state index >= 15 is 0 Å². The highest BCUT2D eigenvalue weighted by Gasteiger charge is 2.36. The zero-order valence-electron chi connectivity index (χ0n) is 23.1. The predicted octanol–water partition coefficient (Wildman–Crippen LogP) is 2.45. The first kappa shape index (κ1) is 30.6. The molecule has 0 amide bonds. The van der Waals surface area contributed by atoms with Gasteiger partial charge in [0.05, 0.1) is 43.0 Å². The summed E-state index contributed by atoms with van der Waals surface area (Å²) in [6.45, 7) is 8.75. The number of anilines is 1. The Labute approximate surface area is 232 Å². The summed E-state index contributed by atoms with van der Waals surface area (Å²) < 4.78 is 75.3. The summed E-state index contributed by atoms with van der Waals surface area (Å²) in [6.07, 6.45) is 0.239. The van der Waals surface area contributed by atoms with Crippen molar-refractivity contribution in [3.63, 3.8) is 0 Å². The Hall–Kier alpha value is -2.33. The first-order chi connectivity index (χ1) is 18.7. The largest absolute Gasteiger partial charge is 0.419 e. The maximum absolute atomic E-state index is 13.7. The molecule has 2 aliphatic rings. The molecule has 0 unspecified atom stereocenters. The van der Waals surface area contributed by atoms with Crippen LogP contribution in [-0.4, -0.2) is 105 Å². The van der Waals surface area contributed by atoms with E-state index in [4.69, 9.17) is 4.74 Å². The van der Waals surface area contributed by atoms with E-state index < -0.39 is 27.4 Å². The minimum Gasteiger partial charge on any atom is -0.389 e. The van der Waals surface area contributed by atoms with Crippen molar-refractivity contribution >= 4 is 16.0 Å². The lowest BCUT2D eigenvalue weighted by Gasteiger charge is -2.34. The van der Waals surface area contributed by atoms with Gasteiger partial charge < -0.3 is 15.2 Å². The van der Waals surface area contributed by atoms with Gasteiger partial charge in [-0.2, -0.15) is 18.3 Å². The number of hydrogen-bond acceptors (Lipinski definition) is 9. The van der Waals surface area contributed by atoms with Gasteiger partial charge >= 0.3 is 6.18 Å². The topological polar surface area (TPSA) is 126 Å². The van der Waals surface area contributed by atoms with Crippen molar-refractivity contribution in [2.45, 2.75) is 70.4 Å². The SMILES string of the molecule is C[C@@H]1COCCN1CCCS(=O)(=O)N1CCC(Nc2ncc(C(F)(F)F)c(-c3cnn(CC(C)(C)O)c3)n2)CC1. The number of alkyl halides is 3. The molecule has 0 saturated carbocycles. The Morgan fingerprint density at radius 3 is 2.55 bits per heavy atom.